The molecule has 0 bridgehead atoms. The molecule has 1 N–H and O–H groups in total. The molecule has 0 fully saturated rings. The van der Waals surface area contributed by atoms with Gasteiger partial charge in [-0.3, -0.25) is 0 Å². The van der Waals surface area contributed by atoms with E-state index in [1.165, 1.54) is 0 Å². The Kier molecular flexibility index (Phi) is 4.88. The summed E-state index contributed by atoms with van der Waals surface area (Å²) in [5, 5.41) is 10.1. The fourth-order valence-electron chi connectivity index (χ4n) is 1.81. The van der Waals surface area contributed by atoms with Gasteiger partial charge in [-0.1, -0.05) is 41.4 Å². The molecular weight excluding hydrogens is 299 g/mol. The Labute approximate surface area is 126 Å². The van der Waals surface area contributed by atoms with Crippen molar-refractivity contribution in [1.82, 2.24) is 0 Å². The van der Waals surface area contributed by atoms with Gasteiger partial charge in [-0.05, 0) is 29.8 Å². The van der Waals surface area contributed by atoms with Crippen molar-refractivity contribution < 1.29 is 14.6 Å². The average molecular weight is 311 g/mol. The van der Waals surface area contributed by atoms with Crippen LogP contribution in [0, 0.1) is 0 Å². The van der Waals surface area contributed by atoms with E-state index in [1.807, 2.05) is 0 Å². The number of hydrogen-bond donors (Lipinski definition) is 1. The summed E-state index contributed by atoms with van der Waals surface area (Å²) in [4.78, 5) is 11.1. The van der Waals surface area contributed by atoms with Gasteiger partial charge >= 0.3 is 5.97 Å². The first-order valence-electron chi connectivity index (χ1n) is 5.97. The number of ether oxygens (including phenoxy) is 1. The van der Waals surface area contributed by atoms with Gasteiger partial charge < -0.3 is 9.84 Å². The minimum absolute atomic E-state index is 0.290. The van der Waals surface area contributed by atoms with Crippen molar-refractivity contribution in [2.24, 2.45) is 0 Å². The summed E-state index contributed by atoms with van der Waals surface area (Å²) >= 11 is 11.8. The number of halogens is 2. The van der Waals surface area contributed by atoms with Crippen molar-refractivity contribution in [2.75, 3.05) is 6.61 Å². The first-order valence-corrected chi connectivity index (χ1v) is 6.72. The Morgan fingerprint density at radius 1 is 1.15 bits per heavy atom. The summed E-state index contributed by atoms with van der Waals surface area (Å²) in [6.07, 6.45) is 0.488. The van der Waals surface area contributed by atoms with Crippen LogP contribution in [0.5, 0.6) is 5.75 Å². The van der Waals surface area contributed by atoms with Crippen LogP contribution in [-0.4, -0.2) is 17.7 Å². The van der Waals surface area contributed by atoms with Gasteiger partial charge in [0, 0.05) is 11.4 Å². The molecule has 104 valence electrons. The van der Waals surface area contributed by atoms with Gasteiger partial charge in [0.2, 0.25) is 0 Å². The molecule has 0 heterocycles. The second-order valence-electron chi connectivity index (χ2n) is 4.14. The van der Waals surface area contributed by atoms with Crippen LogP contribution in [0.1, 0.15) is 15.9 Å². The maximum Gasteiger partial charge on any atom is 0.335 e. The third-order valence-electron chi connectivity index (χ3n) is 2.77. The van der Waals surface area contributed by atoms with E-state index < -0.39 is 5.97 Å². The van der Waals surface area contributed by atoms with E-state index in [2.05, 4.69) is 0 Å². The summed E-state index contributed by atoms with van der Waals surface area (Å²) in [5.41, 5.74) is 1.02. The molecule has 20 heavy (non-hydrogen) atoms. The molecule has 0 aliphatic heterocycles. The lowest BCUT2D eigenvalue weighted by molar-refractivity contribution is 0.0695. The molecule has 2 aromatic rings. The monoisotopic (exact) mass is 310 g/mol. The van der Waals surface area contributed by atoms with Crippen LogP contribution >= 0.6 is 23.2 Å². The predicted octanol–water partition coefficient (Wildman–Crippen LogP) is 4.31. The van der Waals surface area contributed by atoms with Gasteiger partial charge in [-0.25, -0.2) is 4.79 Å². The fraction of sp³-hybridized carbons (Fsp3) is 0.133. The number of hydrogen-bond acceptors (Lipinski definition) is 2. The zero-order chi connectivity index (χ0) is 14.5. The van der Waals surface area contributed by atoms with Crippen LogP contribution in [-0.2, 0) is 6.42 Å². The average Bonchev–Trinajstić information content (AvgIpc) is 2.41. The molecule has 0 amide bonds. The fourth-order valence-corrected chi connectivity index (χ4v) is 2.27. The van der Waals surface area contributed by atoms with Gasteiger partial charge in [0.15, 0.2) is 0 Å². The molecule has 5 heteroatoms. The van der Waals surface area contributed by atoms with Crippen LogP contribution in [0.25, 0.3) is 0 Å². The largest absolute Gasteiger partial charge is 0.492 e. The highest BCUT2D eigenvalue weighted by Crippen LogP contribution is 2.27. The number of benzene rings is 2. The van der Waals surface area contributed by atoms with Crippen molar-refractivity contribution in [3.8, 4) is 5.75 Å². The molecule has 0 aliphatic rings. The third-order valence-corrected chi connectivity index (χ3v) is 3.30. The van der Waals surface area contributed by atoms with E-state index in [9.17, 15) is 4.79 Å². The molecule has 0 atom stereocenters. The van der Waals surface area contributed by atoms with E-state index in [0.717, 1.165) is 5.56 Å². The highest BCUT2D eigenvalue weighted by molar-refractivity contribution is 6.35. The third kappa shape index (κ3) is 3.65. The Hall–Kier alpha value is -1.71. The van der Waals surface area contributed by atoms with E-state index >= 15 is 0 Å². The number of carboxylic acids is 1. The van der Waals surface area contributed by atoms with Gasteiger partial charge in [0.05, 0.1) is 17.2 Å². The smallest absolute Gasteiger partial charge is 0.335 e. The van der Waals surface area contributed by atoms with Gasteiger partial charge in [0.1, 0.15) is 5.75 Å². The summed E-state index contributed by atoms with van der Waals surface area (Å²) in [6.45, 7) is 0.339. The molecule has 2 rings (SSSR count). The predicted molar refractivity (Wildman–Crippen MR) is 79.1 cm³/mol. The lowest BCUT2D eigenvalue weighted by Gasteiger charge is -2.09. The van der Waals surface area contributed by atoms with Crippen LogP contribution in [0.15, 0.2) is 42.5 Å². The Balaban J connectivity index is 2.01. The van der Waals surface area contributed by atoms with Crippen LogP contribution < -0.4 is 4.74 Å². The number of carboxylic acid groups (broad SMARTS) is 1. The second kappa shape index (κ2) is 6.64. The summed E-state index contributed by atoms with van der Waals surface area (Å²) in [6, 6.07) is 11.8. The van der Waals surface area contributed by atoms with E-state index in [0.29, 0.717) is 34.4 Å². The lowest BCUT2D eigenvalue weighted by atomic mass is 10.1. The molecule has 0 aliphatic carbocycles. The molecule has 3 nitrogen and oxygen atoms in total. The van der Waals surface area contributed by atoms with Crippen LogP contribution in [0.4, 0.5) is 0 Å². The number of aromatic carboxylic acids is 1. The molecule has 0 aromatic heterocycles. The lowest BCUT2D eigenvalue weighted by Crippen LogP contribution is -2.07. The van der Waals surface area contributed by atoms with Crippen molar-refractivity contribution in [3.63, 3.8) is 0 Å². The second-order valence-corrected chi connectivity index (χ2v) is 4.98. The van der Waals surface area contributed by atoms with E-state index in [-0.39, 0.29) is 0 Å². The maximum atomic E-state index is 11.1. The Bertz CT molecular complexity index is 626. The van der Waals surface area contributed by atoms with Crippen molar-refractivity contribution in [1.29, 1.82) is 0 Å². The number of carbonyl (C=O) groups is 1. The highest BCUT2D eigenvalue weighted by Gasteiger charge is 2.09. The van der Waals surface area contributed by atoms with Crippen molar-refractivity contribution in [2.45, 2.75) is 6.42 Å². The Morgan fingerprint density at radius 3 is 2.60 bits per heavy atom. The highest BCUT2D eigenvalue weighted by atomic mass is 35.5. The normalized spacial score (nSPS) is 10.3. The van der Waals surface area contributed by atoms with Gasteiger partial charge in [-0.2, -0.15) is 0 Å². The van der Waals surface area contributed by atoms with Crippen molar-refractivity contribution >= 4 is 29.2 Å². The summed E-state index contributed by atoms with van der Waals surface area (Å²) < 4.78 is 5.55. The van der Waals surface area contributed by atoms with Gasteiger partial charge in [-0.15, -0.1) is 0 Å². The molecule has 0 saturated heterocycles. The van der Waals surface area contributed by atoms with E-state index in [4.69, 9.17) is 33.0 Å². The van der Waals surface area contributed by atoms with Crippen LogP contribution in [0.3, 0.4) is 0 Å². The minimum atomic E-state index is -0.940. The molecule has 0 spiro atoms. The standard InChI is InChI=1S/C15H12Cl2O3/c16-11-5-6-14(13(17)9-11)20-8-7-10-3-1-2-4-12(10)15(18)19/h1-6,9H,7-8H2,(H,18,19). The maximum absolute atomic E-state index is 11.1. The SMILES string of the molecule is O=C(O)c1ccccc1CCOc1ccc(Cl)cc1Cl. The number of rotatable bonds is 5. The molecule has 0 saturated carbocycles. The summed E-state index contributed by atoms with van der Waals surface area (Å²) in [7, 11) is 0. The first-order chi connectivity index (χ1) is 9.58. The summed E-state index contributed by atoms with van der Waals surface area (Å²) in [5.74, 6) is -0.408. The topological polar surface area (TPSA) is 46.5 Å². The first kappa shape index (κ1) is 14.7. The molecular formula is C15H12Cl2O3. The van der Waals surface area contributed by atoms with E-state index in [1.54, 1.807) is 42.5 Å². The molecule has 2 aromatic carbocycles. The molecule has 0 unspecified atom stereocenters. The Morgan fingerprint density at radius 2 is 1.90 bits per heavy atom. The minimum Gasteiger partial charge on any atom is -0.492 e. The molecule has 0 radical (unpaired) electrons. The zero-order valence-electron chi connectivity index (χ0n) is 10.5. The van der Waals surface area contributed by atoms with Crippen molar-refractivity contribution in [3.05, 3.63) is 63.6 Å². The van der Waals surface area contributed by atoms with Crippen LogP contribution in [0.2, 0.25) is 10.0 Å². The quantitative estimate of drug-likeness (QED) is 0.895. The zero-order valence-corrected chi connectivity index (χ0v) is 12.0. The van der Waals surface area contributed by atoms with Gasteiger partial charge in [0.25, 0.3) is 0 Å².